The number of carbonyl (C=O) groups excluding carboxylic acids is 1. The van der Waals surface area contributed by atoms with Crippen molar-refractivity contribution in [1.82, 2.24) is 4.90 Å². The van der Waals surface area contributed by atoms with Crippen molar-refractivity contribution < 1.29 is 18.0 Å². The molecule has 1 aromatic rings. The molecule has 1 aliphatic carbocycles. The van der Waals surface area contributed by atoms with E-state index in [0.717, 1.165) is 44.3 Å². The van der Waals surface area contributed by atoms with Crippen molar-refractivity contribution >= 4 is 6.41 Å². The first kappa shape index (κ1) is 14.4. The molecular weight excluding hydrogens is 279 g/mol. The number of carbonyl (C=O) groups is 1. The molecule has 21 heavy (non-hydrogen) atoms. The van der Waals surface area contributed by atoms with E-state index in [9.17, 15) is 18.0 Å². The number of likely N-dealkylation sites (tertiary alicyclic amines) is 1. The van der Waals surface area contributed by atoms with Gasteiger partial charge in [-0.1, -0.05) is 11.6 Å². The summed E-state index contributed by atoms with van der Waals surface area (Å²) in [5.41, 5.74) is 1.04. The molecule has 5 heteroatoms. The SMILES string of the molecule is Cc1cc(C2CCC3(C2)CN(C=O)C3)cc(C(F)(F)F)c1. The first-order chi connectivity index (χ1) is 9.81. The number of hydrogen-bond donors (Lipinski definition) is 0. The predicted molar refractivity (Wildman–Crippen MR) is 72.8 cm³/mol. The summed E-state index contributed by atoms with van der Waals surface area (Å²) in [4.78, 5) is 12.4. The van der Waals surface area contributed by atoms with Gasteiger partial charge in [-0.3, -0.25) is 4.79 Å². The van der Waals surface area contributed by atoms with Crippen molar-refractivity contribution in [3.05, 3.63) is 34.9 Å². The topological polar surface area (TPSA) is 20.3 Å². The lowest BCUT2D eigenvalue weighted by atomic mass is 9.77. The van der Waals surface area contributed by atoms with Crippen LogP contribution in [-0.2, 0) is 11.0 Å². The van der Waals surface area contributed by atoms with Crippen LogP contribution in [0.4, 0.5) is 13.2 Å². The molecule has 1 saturated carbocycles. The second-order valence-electron chi connectivity index (χ2n) is 6.58. The average molecular weight is 297 g/mol. The van der Waals surface area contributed by atoms with E-state index >= 15 is 0 Å². The minimum atomic E-state index is -4.29. The quantitative estimate of drug-likeness (QED) is 0.762. The summed E-state index contributed by atoms with van der Waals surface area (Å²) in [5.74, 6) is 0.180. The minimum Gasteiger partial charge on any atom is -0.344 e. The fourth-order valence-corrected chi connectivity index (χ4v) is 3.88. The Balaban J connectivity index is 1.79. The minimum absolute atomic E-state index is 0.147. The summed E-state index contributed by atoms with van der Waals surface area (Å²) < 4.78 is 38.7. The zero-order valence-electron chi connectivity index (χ0n) is 11.9. The lowest BCUT2D eigenvalue weighted by molar-refractivity contribution is -0.137. The van der Waals surface area contributed by atoms with Gasteiger partial charge >= 0.3 is 6.18 Å². The van der Waals surface area contributed by atoms with E-state index in [4.69, 9.17) is 0 Å². The molecular formula is C16H18F3NO. The zero-order chi connectivity index (χ0) is 15.3. The zero-order valence-corrected chi connectivity index (χ0v) is 11.9. The van der Waals surface area contributed by atoms with Crippen LogP contribution in [0.2, 0.25) is 0 Å². The van der Waals surface area contributed by atoms with Gasteiger partial charge in [-0.05, 0) is 49.8 Å². The Bertz CT molecular complexity index is 561. The first-order valence-electron chi connectivity index (χ1n) is 7.19. The van der Waals surface area contributed by atoms with Crippen LogP contribution < -0.4 is 0 Å². The van der Waals surface area contributed by atoms with Crippen molar-refractivity contribution in [3.63, 3.8) is 0 Å². The number of hydrogen-bond acceptors (Lipinski definition) is 1. The van der Waals surface area contributed by atoms with E-state index in [1.165, 1.54) is 12.1 Å². The Morgan fingerprint density at radius 2 is 2.00 bits per heavy atom. The molecule has 0 bridgehead atoms. The summed E-state index contributed by atoms with van der Waals surface area (Å²) in [6, 6.07) is 4.37. The number of nitrogens with zero attached hydrogens (tertiary/aromatic N) is 1. The molecule has 1 saturated heterocycles. The molecule has 1 aliphatic heterocycles. The third-order valence-electron chi connectivity index (χ3n) is 4.83. The normalized spacial score (nSPS) is 24.2. The Kier molecular flexibility index (Phi) is 3.26. The molecule has 1 spiro atoms. The first-order valence-corrected chi connectivity index (χ1v) is 7.19. The predicted octanol–water partition coefficient (Wildman–Crippen LogP) is 3.74. The standard InChI is InChI=1S/C16H18F3NO/c1-11-4-13(6-14(5-11)16(17,18)19)12-2-3-15(7-12)8-20(9-15)10-21/h4-6,10,12H,2-3,7-9H2,1H3. The van der Waals surface area contributed by atoms with Crippen LogP contribution in [0.3, 0.4) is 0 Å². The number of benzene rings is 1. The van der Waals surface area contributed by atoms with Gasteiger partial charge in [0.25, 0.3) is 0 Å². The molecule has 114 valence electrons. The van der Waals surface area contributed by atoms with E-state index in [1.54, 1.807) is 11.8 Å². The van der Waals surface area contributed by atoms with E-state index < -0.39 is 11.7 Å². The molecule has 2 aliphatic rings. The van der Waals surface area contributed by atoms with E-state index in [2.05, 4.69) is 0 Å². The fourth-order valence-electron chi connectivity index (χ4n) is 3.88. The van der Waals surface area contributed by atoms with Crippen LogP contribution in [0.5, 0.6) is 0 Å². The molecule has 1 atom stereocenters. The third-order valence-corrected chi connectivity index (χ3v) is 4.83. The highest BCUT2D eigenvalue weighted by Crippen LogP contribution is 2.51. The van der Waals surface area contributed by atoms with Crippen molar-refractivity contribution in [3.8, 4) is 0 Å². The summed E-state index contributed by atoms with van der Waals surface area (Å²) in [5, 5.41) is 0. The van der Waals surface area contributed by atoms with Gasteiger partial charge in [-0.15, -0.1) is 0 Å². The monoisotopic (exact) mass is 297 g/mol. The highest BCUT2D eigenvalue weighted by molar-refractivity contribution is 5.49. The van der Waals surface area contributed by atoms with Gasteiger partial charge in [-0.2, -0.15) is 13.2 Å². The average Bonchev–Trinajstić information content (AvgIpc) is 2.80. The van der Waals surface area contributed by atoms with Crippen molar-refractivity contribution in [2.45, 2.75) is 38.3 Å². The Labute approximate surface area is 121 Å². The summed E-state index contributed by atoms with van der Waals surface area (Å²) in [6.07, 6.45) is -0.641. The number of aryl methyl sites for hydroxylation is 1. The summed E-state index contributed by atoms with van der Waals surface area (Å²) in [7, 11) is 0. The van der Waals surface area contributed by atoms with Gasteiger partial charge < -0.3 is 4.90 Å². The summed E-state index contributed by atoms with van der Waals surface area (Å²) in [6.45, 7) is 3.22. The Morgan fingerprint density at radius 1 is 1.29 bits per heavy atom. The van der Waals surface area contributed by atoms with Gasteiger partial charge in [-0.25, -0.2) is 0 Å². The molecule has 3 rings (SSSR count). The Morgan fingerprint density at radius 3 is 2.62 bits per heavy atom. The fraction of sp³-hybridized carbons (Fsp3) is 0.562. The van der Waals surface area contributed by atoms with Crippen LogP contribution >= 0.6 is 0 Å². The highest BCUT2D eigenvalue weighted by Gasteiger charge is 2.48. The molecule has 0 N–H and O–H groups in total. The second-order valence-corrected chi connectivity index (χ2v) is 6.58. The number of amides is 1. The van der Waals surface area contributed by atoms with E-state index in [-0.39, 0.29) is 11.3 Å². The van der Waals surface area contributed by atoms with Gasteiger partial charge in [0, 0.05) is 18.5 Å². The van der Waals surface area contributed by atoms with Crippen LogP contribution in [0.25, 0.3) is 0 Å². The molecule has 1 heterocycles. The van der Waals surface area contributed by atoms with Crippen molar-refractivity contribution in [1.29, 1.82) is 0 Å². The highest BCUT2D eigenvalue weighted by atomic mass is 19.4. The number of alkyl halides is 3. The number of halogens is 3. The largest absolute Gasteiger partial charge is 0.416 e. The second kappa shape index (κ2) is 4.75. The molecule has 1 aromatic carbocycles. The molecule has 0 radical (unpaired) electrons. The smallest absolute Gasteiger partial charge is 0.344 e. The van der Waals surface area contributed by atoms with E-state index in [1.807, 2.05) is 6.07 Å². The van der Waals surface area contributed by atoms with Crippen molar-refractivity contribution in [2.75, 3.05) is 13.1 Å². The van der Waals surface area contributed by atoms with E-state index in [0.29, 0.717) is 5.56 Å². The van der Waals surface area contributed by atoms with Gasteiger partial charge in [0.15, 0.2) is 0 Å². The van der Waals surface area contributed by atoms with Gasteiger partial charge in [0.2, 0.25) is 6.41 Å². The molecule has 1 unspecified atom stereocenters. The van der Waals surface area contributed by atoms with Crippen molar-refractivity contribution in [2.24, 2.45) is 5.41 Å². The van der Waals surface area contributed by atoms with Crippen LogP contribution in [0.15, 0.2) is 18.2 Å². The maximum atomic E-state index is 12.9. The van der Waals surface area contributed by atoms with Crippen LogP contribution in [0.1, 0.15) is 41.9 Å². The van der Waals surface area contributed by atoms with Crippen LogP contribution in [0, 0.1) is 12.3 Å². The maximum absolute atomic E-state index is 12.9. The summed E-state index contributed by atoms with van der Waals surface area (Å²) >= 11 is 0. The lowest BCUT2D eigenvalue weighted by Crippen LogP contribution is -2.54. The maximum Gasteiger partial charge on any atom is 0.416 e. The Hall–Kier alpha value is -1.52. The van der Waals surface area contributed by atoms with Gasteiger partial charge in [0.1, 0.15) is 0 Å². The molecule has 2 fully saturated rings. The third kappa shape index (κ3) is 2.65. The molecule has 0 aromatic heterocycles. The lowest BCUT2D eigenvalue weighted by Gasteiger charge is -2.46. The molecule has 1 amide bonds. The van der Waals surface area contributed by atoms with Crippen LogP contribution in [-0.4, -0.2) is 24.4 Å². The number of rotatable bonds is 2. The molecule has 2 nitrogen and oxygen atoms in total. The van der Waals surface area contributed by atoms with Gasteiger partial charge in [0.05, 0.1) is 5.56 Å².